The average molecular weight is 223 g/mol. The van der Waals surface area contributed by atoms with Crippen molar-refractivity contribution in [1.29, 1.82) is 0 Å². The highest BCUT2D eigenvalue weighted by molar-refractivity contribution is 7.25. The van der Waals surface area contributed by atoms with Crippen molar-refractivity contribution in [2.24, 2.45) is 0 Å². The van der Waals surface area contributed by atoms with Gasteiger partial charge in [0.25, 0.3) is 0 Å². The average Bonchev–Trinajstić information content (AvgIpc) is 2.58. The van der Waals surface area contributed by atoms with Crippen LogP contribution < -0.4 is 4.91 Å². The summed E-state index contributed by atoms with van der Waals surface area (Å²) in [6, 6.07) is 2.74. The molecule has 0 unspecified atom stereocenters. The van der Waals surface area contributed by atoms with Gasteiger partial charge in [0, 0.05) is 4.91 Å². The Morgan fingerprint density at radius 2 is 2.33 bits per heavy atom. The molecule has 0 fully saturated rings. The molecule has 0 spiro atoms. The number of halogens is 1. The van der Waals surface area contributed by atoms with Crippen LogP contribution >= 0.6 is 11.3 Å². The molecule has 1 aromatic carbocycles. The van der Waals surface area contributed by atoms with Crippen molar-refractivity contribution in [3.63, 3.8) is 0 Å². The van der Waals surface area contributed by atoms with Crippen LogP contribution in [0, 0.1) is 5.82 Å². The number of carbonyl (C=O) groups excluding carboxylic acids is 1. The quantitative estimate of drug-likeness (QED) is 0.521. The van der Waals surface area contributed by atoms with Crippen LogP contribution in [0.1, 0.15) is 10.4 Å². The van der Waals surface area contributed by atoms with E-state index in [4.69, 9.17) is 0 Å². The van der Waals surface area contributed by atoms with Gasteiger partial charge in [-0.3, -0.25) is 0 Å². The van der Waals surface area contributed by atoms with E-state index in [0.717, 1.165) is 11.0 Å². The molecule has 0 N–H and O–H groups in total. The third-order valence-corrected chi connectivity index (χ3v) is 2.89. The van der Waals surface area contributed by atoms with Gasteiger partial charge in [0.1, 0.15) is 5.52 Å². The van der Waals surface area contributed by atoms with E-state index in [0.29, 0.717) is 10.2 Å². The Hall–Kier alpha value is -1.43. The Morgan fingerprint density at radius 1 is 1.60 bits per heavy atom. The number of nitrogens with zero attached hydrogens (tertiary/aromatic N) is 1. The number of methoxy groups -OCH3 is 1. The molecular weight excluding hydrogens is 216 g/mol. The zero-order chi connectivity index (χ0) is 11.0. The second-order valence-corrected chi connectivity index (χ2v) is 4.26. The van der Waals surface area contributed by atoms with Crippen LogP contribution in [0.5, 0.6) is 0 Å². The van der Waals surface area contributed by atoms with E-state index in [1.54, 1.807) is 13.9 Å². The van der Waals surface area contributed by atoms with Gasteiger partial charge in [0.2, 0.25) is 0 Å². The SMILES string of the molecule is Bc1nc2c(F)cc(C(=O)OC)cc2s1. The van der Waals surface area contributed by atoms with E-state index >= 15 is 0 Å². The molecule has 76 valence electrons. The van der Waals surface area contributed by atoms with Crippen molar-refractivity contribution in [3.05, 3.63) is 23.5 Å². The maximum Gasteiger partial charge on any atom is 0.338 e. The van der Waals surface area contributed by atoms with E-state index in [1.165, 1.54) is 18.4 Å². The number of ether oxygens (including phenoxy) is 1. The van der Waals surface area contributed by atoms with Crippen LogP contribution in [-0.2, 0) is 4.74 Å². The van der Waals surface area contributed by atoms with Crippen LogP contribution in [0.3, 0.4) is 0 Å². The topological polar surface area (TPSA) is 39.2 Å². The summed E-state index contributed by atoms with van der Waals surface area (Å²) in [4.78, 5) is 16.0. The molecule has 0 aliphatic heterocycles. The number of carbonyl (C=O) groups is 1. The molecule has 0 radical (unpaired) electrons. The molecule has 0 aliphatic rings. The van der Waals surface area contributed by atoms with Gasteiger partial charge in [-0.25, -0.2) is 14.2 Å². The Morgan fingerprint density at radius 3 is 3.00 bits per heavy atom. The van der Waals surface area contributed by atoms with Crippen molar-refractivity contribution in [3.8, 4) is 0 Å². The Kier molecular flexibility index (Phi) is 2.44. The van der Waals surface area contributed by atoms with Crippen LogP contribution in [0.2, 0.25) is 0 Å². The van der Waals surface area contributed by atoms with E-state index in [1.807, 2.05) is 0 Å². The fourth-order valence-electron chi connectivity index (χ4n) is 1.34. The molecule has 0 saturated carbocycles. The standard InChI is InChI=1S/C9H7BFNO2S/c1-14-8(13)4-2-5(11)7-6(3-4)15-9(10)12-7/h2-3H,10H2,1H3. The molecule has 0 bridgehead atoms. The molecule has 0 saturated heterocycles. The lowest BCUT2D eigenvalue weighted by molar-refractivity contribution is 0.0600. The zero-order valence-corrected chi connectivity index (χ0v) is 9.02. The number of hydrogen-bond acceptors (Lipinski definition) is 4. The van der Waals surface area contributed by atoms with Crippen molar-refractivity contribution in [1.82, 2.24) is 4.98 Å². The lowest BCUT2D eigenvalue weighted by atomic mass is 10.2. The second-order valence-electron chi connectivity index (χ2n) is 3.03. The lowest BCUT2D eigenvalue weighted by Crippen LogP contribution is -2.01. The predicted octanol–water partition coefficient (Wildman–Crippen LogP) is 0.480. The summed E-state index contributed by atoms with van der Waals surface area (Å²) in [6.45, 7) is 0. The van der Waals surface area contributed by atoms with Gasteiger partial charge in [-0.05, 0) is 12.1 Å². The van der Waals surface area contributed by atoms with Crippen molar-refractivity contribution in [2.45, 2.75) is 0 Å². The molecule has 1 aromatic heterocycles. The van der Waals surface area contributed by atoms with Crippen LogP contribution in [0.15, 0.2) is 12.1 Å². The summed E-state index contributed by atoms with van der Waals surface area (Å²) in [5.74, 6) is -1.03. The highest BCUT2D eigenvalue weighted by Crippen LogP contribution is 2.21. The first-order chi connectivity index (χ1) is 7.11. The van der Waals surface area contributed by atoms with Crippen molar-refractivity contribution >= 4 is 40.3 Å². The van der Waals surface area contributed by atoms with Crippen molar-refractivity contribution in [2.75, 3.05) is 7.11 Å². The zero-order valence-electron chi connectivity index (χ0n) is 8.20. The Bertz CT molecular complexity index is 540. The summed E-state index contributed by atoms with van der Waals surface area (Å²) in [5.41, 5.74) is 0.524. The molecule has 6 heteroatoms. The molecule has 2 aromatic rings. The van der Waals surface area contributed by atoms with Crippen molar-refractivity contribution < 1.29 is 13.9 Å². The molecule has 1 heterocycles. The first kappa shape index (κ1) is 10.1. The normalized spacial score (nSPS) is 10.5. The molecule has 0 amide bonds. The highest BCUT2D eigenvalue weighted by Gasteiger charge is 2.12. The predicted molar refractivity (Wildman–Crippen MR) is 59.1 cm³/mol. The van der Waals surface area contributed by atoms with E-state index in [2.05, 4.69) is 9.72 Å². The number of aromatic nitrogens is 1. The second kappa shape index (κ2) is 3.62. The molecule has 0 aliphatic carbocycles. The molecule has 0 atom stereocenters. The summed E-state index contributed by atoms with van der Waals surface area (Å²) in [7, 11) is 3.06. The van der Waals surface area contributed by atoms with Gasteiger partial charge in [0.05, 0.1) is 17.4 Å². The van der Waals surface area contributed by atoms with Gasteiger partial charge < -0.3 is 4.74 Å². The van der Waals surface area contributed by atoms with Crippen LogP contribution in [0.25, 0.3) is 10.2 Å². The molecule has 2 rings (SSSR count). The lowest BCUT2D eigenvalue weighted by Gasteiger charge is -1.99. The number of esters is 1. The minimum Gasteiger partial charge on any atom is -0.465 e. The summed E-state index contributed by atoms with van der Waals surface area (Å²) in [6.07, 6.45) is 0. The van der Waals surface area contributed by atoms with Crippen LogP contribution in [-0.4, -0.2) is 25.9 Å². The smallest absolute Gasteiger partial charge is 0.338 e. The maximum absolute atomic E-state index is 13.5. The fourth-order valence-corrected chi connectivity index (χ4v) is 2.22. The first-order valence-electron chi connectivity index (χ1n) is 4.27. The van der Waals surface area contributed by atoms with E-state index < -0.39 is 11.8 Å². The van der Waals surface area contributed by atoms with Gasteiger partial charge in [-0.1, -0.05) is 0 Å². The highest BCUT2D eigenvalue weighted by atomic mass is 32.1. The Balaban J connectivity index is 2.66. The molecular formula is C9H7BFNO2S. The number of thiazole rings is 1. The number of hydrogen-bond donors (Lipinski definition) is 0. The summed E-state index contributed by atoms with van der Waals surface area (Å²) in [5, 5.41) is 0. The monoisotopic (exact) mass is 223 g/mol. The van der Waals surface area contributed by atoms with Crippen LogP contribution in [0.4, 0.5) is 4.39 Å². The number of rotatable bonds is 1. The summed E-state index contributed by atoms with van der Waals surface area (Å²) >= 11 is 1.35. The Labute approximate surface area is 90.3 Å². The van der Waals surface area contributed by atoms with Gasteiger partial charge in [0.15, 0.2) is 13.7 Å². The van der Waals surface area contributed by atoms with E-state index in [9.17, 15) is 9.18 Å². The van der Waals surface area contributed by atoms with Gasteiger partial charge in [-0.15, -0.1) is 11.3 Å². The fraction of sp³-hybridized carbons (Fsp3) is 0.111. The van der Waals surface area contributed by atoms with Gasteiger partial charge >= 0.3 is 5.97 Å². The first-order valence-corrected chi connectivity index (χ1v) is 5.08. The molecule has 3 nitrogen and oxygen atoms in total. The minimum atomic E-state index is -0.540. The number of fused-ring (bicyclic) bond motifs is 1. The largest absolute Gasteiger partial charge is 0.465 e. The van der Waals surface area contributed by atoms with Gasteiger partial charge in [-0.2, -0.15) is 0 Å². The maximum atomic E-state index is 13.5. The number of benzene rings is 1. The third-order valence-electron chi connectivity index (χ3n) is 1.98. The summed E-state index contributed by atoms with van der Waals surface area (Å²) < 4.78 is 18.7. The van der Waals surface area contributed by atoms with E-state index in [-0.39, 0.29) is 5.56 Å². The molecule has 15 heavy (non-hydrogen) atoms. The third kappa shape index (κ3) is 1.72. The minimum absolute atomic E-state index is 0.214.